The molecule has 1 aliphatic heterocycles. The molecule has 18 heavy (non-hydrogen) atoms. The van der Waals surface area contributed by atoms with Crippen molar-refractivity contribution in [3.8, 4) is 0 Å². The van der Waals surface area contributed by atoms with Crippen LogP contribution in [0.25, 0.3) is 0 Å². The lowest BCUT2D eigenvalue weighted by molar-refractivity contribution is 0.0696. The summed E-state index contributed by atoms with van der Waals surface area (Å²) in [6, 6.07) is 5.08. The van der Waals surface area contributed by atoms with Gasteiger partial charge in [-0.15, -0.1) is 0 Å². The molecule has 0 atom stereocenters. The fraction of sp³-hybridized carbons (Fsp3) is 0.417. The number of carboxylic acids is 1. The van der Waals surface area contributed by atoms with Crippen LogP contribution in [0, 0.1) is 6.92 Å². The molecule has 5 nitrogen and oxygen atoms in total. The van der Waals surface area contributed by atoms with Gasteiger partial charge in [-0.05, 0) is 24.6 Å². The molecule has 2 rings (SSSR count). The van der Waals surface area contributed by atoms with Gasteiger partial charge in [-0.2, -0.15) is 0 Å². The van der Waals surface area contributed by atoms with Crippen molar-refractivity contribution in [1.29, 1.82) is 0 Å². The van der Waals surface area contributed by atoms with E-state index >= 15 is 0 Å². The predicted molar refractivity (Wildman–Crippen MR) is 69.0 cm³/mol. The maximum absolute atomic E-state index is 11.4. The molecule has 1 aromatic carbocycles. The fourth-order valence-corrected chi connectivity index (χ4v) is 3.35. The monoisotopic (exact) mass is 269 g/mol. The van der Waals surface area contributed by atoms with Crippen LogP contribution < -0.4 is 4.90 Å². The predicted octanol–water partition coefficient (Wildman–Crippen LogP) is 0.928. The highest BCUT2D eigenvalue weighted by Crippen LogP contribution is 2.24. The molecular weight excluding hydrogens is 254 g/mol. The number of carboxylic acid groups (broad SMARTS) is 1. The molecule has 6 heteroatoms. The number of benzene rings is 1. The van der Waals surface area contributed by atoms with Crippen LogP contribution in [-0.4, -0.2) is 44.1 Å². The third kappa shape index (κ3) is 2.48. The number of rotatable bonds is 2. The van der Waals surface area contributed by atoms with Crippen LogP contribution in [0.3, 0.4) is 0 Å². The van der Waals surface area contributed by atoms with E-state index < -0.39 is 15.8 Å². The second kappa shape index (κ2) is 4.61. The number of hydrogen-bond donors (Lipinski definition) is 1. The Labute approximate surface area is 106 Å². The highest BCUT2D eigenvalue weighted by molar-refractivity contribution is 7.91. The third-order valence-electron chi connectivity index (χ3n) is 3.22. The molecule has 0 aromatic heterocycles. The minimum absolute atomic E-state index is 0.129. The number of carbonyl (C=O) groups is 1. The highest BCUT2D eigenvalue weighted by Gasteiger charge is 2.23. The van der Waals surface area contributed by atoms with E-state index in [2.05, 4.69) is 0 Å². The zero-order valence-corrected chi connectivity index (χ0v) is 10.9. The van der Waals surface area contributed by atoms with Crippen molar-refractivity contribution in [2.45, 2.75) is 6.92 Å². The Morgan fingerprint density at radius 2 is 1.89 bits per heavy atom. The van der Waals surface area contributed by atoms with Crippen LogP contribution in [0.4, 0.5) is 5.69 Å². The molecule has 1 aromatic rings. The normalized spacial score (nSPS) is 18.6. The molecule has 1 fully saturated rings. The van der Waals surface area contributed by atoms with Gasteiger partial charge in [0, 0.05) is 18.8 Å². The smallest absolute Gasteiger partial charge is 0.336 e. The molecule has 0 amide bonds. The number of hydrogen-bond acceptors (Lipinski definition) is 4. The summed E-state index contributed by atoms with van der Waals surface area (Å²) in [5.74, 6) is -0.702. The van der Waals surface area contributed by atoms with Crippen molar-refractivity contribution in [1.82, 2.24) is 0 Å². The maximum Gasteiger partial charge on any atom is 0.336 e. The van der Waals surface area contributed by atoms with Gasteiger partial charge in [0.25, 0.3) is 0 Å². The van der Waals surface area contributed by atoms with Gasteiger partial charge in [-0.3, -0.25) is 0 Å². The number of anilines is 1. The first-order valence-electron chi connectivity index (χ1n) is 5.69. The SMILES string of the molecule is Cc1c(C(=O)O)cccc1N1CCS(=O)(=O)CC1. The lowest BCUT2D eigenvalue weighted by Gasteiger charge is -2.30. The summed E-state index contributed by atoms with van der Waals surface area (Å²) in [6.45, 7) is 2.60. The first-order chi connectivity index (χ1) is 8.41. The van der Waals surface area contributed by atoms with Gasteiger partial charge in [0.1, 0.15) is 0 Å². The Kier molecular flexibility index (Phi) is 3.30. The van der Waals surface area contributed by atoms with Crippen molar-refractivity contribution in [2.75, 3.05) is 29.5 Å². The largest absolute Gasteiger partial charge is 0.478 e. The van der Waals surface area contributed by atoms with Crippen LogP contribution in [0.1, 0.15) is 15.9 Å². The molecule has 1 heterocycles. The summed E-state index contributed by atoms with van der Waals surface area (Å²) in [4.78, 5) is 13.0. The molecule has 1 N–H and O–H groups in total. The lowest BCUT2D eigenvalue weighted by Crippen LogP contribution is -2.40. The van der Waals surface area contributed by atoms with Gasteiger partial charge in [0.15, 0.2) is 9.84 Å². The summed E-state index contributed by atoms with van der Waals surface area (Å²) in [7, 11) is -2.92. The Morgan fingerprint density at radius 1 is 1.28 bits per heavy atom. The molecule has 0 saturated carbocycles. The summed E-state index contributed by atoms with van der Waals surface area (Å²) in [5, 5.41) is 9.06. The summed E-state index contributed by atoms with van der Waals surface area (Å²) >= 11 is 0. The third-order valence-corrected chi connectivity index (χ3v) is 4.83. The molecule has 1 aliphatic rings. The fourth-order valence-electron chi connectivity index (χ4n) is 2.15. The quantitative estimate of drug-likeness (QED) is 0.864. The van der Waals surface area contributed by atoms with E-state index in [1.54, 1.807) is 19.1 Å². The van der Waals surface area contributed by atoms with Crippen molar-refractivity contribution < 1.29 is 18.3 Å². The second-order valence-corrected chi connectivity index (χ2v) is 6.70. The van der Waals surface area contributed by atoms with E-state index in [4.69, 9.17) is 5.11 Å². The van der Waals surface area contributed by atoms with Crippen LogP contribution in [-0.2, 0) is 9.84 Å². The maximum atomic E-state index is 11.4. The van der Waals surface area contributed by atoms with E-state index in [0.29, 0.717) is 18.7 Å². The molecule has 0 bridgehead atoms. The number of aromatic carboxylic acids is 1. The first-order valence-corrected chi connectivity index (χ1v) is 7.51. The summed E-state index contributed by atoms with van der Waals surface area (Å²) in [6.07, 6.45) is 0. The lowest BCUT2D eigenvalue weighted by atomic mass is 10.1. The summed E-state index contributed by atoms with van der Waals surface area (Å²) in [5.41, 5.74) is 1.76. The molecule has 0 spiro atoms. The minimum Gasteiger partial charge on any atom is -0.478 e. The topological polar surface area (TPSA) is 74.7 Å². The molecule has 1 saturated heterocycles. The average Bonchev–Trinajstić information content (AvgIpc) is 2.29. The van der Waals surface area contributed by atoms with E-state index in [0.717, 1.165) is 5.69 Å². The Hall–Kier alpha value is -1.56. The molecule has 0 unspecified atom stereocenters. The van der Waals surface area contributed by atoms with Crippen molar-refractivity contribution in [2.24, 2.45) is 0 Å². The van der Waals surface area contributed by atoms with Crippen molar-refractivity contribution in [3.05, 3.63) is 29.3 Å². The van der Waals surface area contributed by atoms with Gasteiger partial charge in [-0.1, -0.05) is 6.07 Å². The van der Waals surface area contributed by atoms with Gasteiger partial charge in [-0.25, -0.2) is 13.2 Å². The van der Waals surface area contributed by atoms with E-state index in [1.807, 2.05) is 11.0 Å². The van der Waals surface area contributed by atoms with Crippen molar-refractivity contribution in [3.63, 3.8) is 0 Å². The van der Waals surface area contributed by atoms with E-state index in [-0.39, 0.29) is 17.1 Å². The second-order valence-electron chi connectivity index (χ2n) is 4.39. The Bertz CT molecular complexity index is 566. The van der Waals surface area contributed by atoms with Crippen molar-refractivity contribution >= 4 is 21.5 Å². The molecule has 0 radical (unpaired) electrons. The van der Waals surface area contributed by atoms with E-state index in [9.17, 15) is 13.2 Å². The minimum atomic E-state index is -2.92. The Morgan fingerprint density at radius 3 is 2.44 bits per heavy atom. The summed E-state index contributed by atoms with van der Waals surface area (Å²) < 4.78 is 22.7. The first kappa shape index (κ1) is 12.9. The average molecular weight is 269 g/mol. The van der Waals surface area contributed by atoms with Gasteiger partial charge in [0.05, 0.1) is 17.1 Å². The number of sulfone groups is 1. The zero-order chi connectivity index (χ0) is 13.3. The standard InChI is InChI=1S/C12H15NO4S/c1-9-10(12(14)15)3-2-4-11(9)13-5-7-18(16,17)8-6-13/h2-4H,5-8H2,1H3,(H,14,15). The highest BCUT2D eigenvalue weighted by atomic mass is 32.2. The van der Waals surface area contributed by atoms with Gasteiger partial charge in [0.2, 0.25) is 0 Å². The zero-order valence-electron chi connectivity index (χ0n) is 10.1. The van der Waals surface area contributed by atoms with E-state index in [1.165, 1.54) is 0 Å². The van der Waals surface area contributed by atoms with Crippen LogP contribution >= 0.6 is 0 Å². The van der Waals surface area contributed by atoms with Crippen LogP contribution in [0.15, 0.2) is 18.2 Å². The van der Waals surface area contributed by atoms with Crippen LogP contribution in [0.2, 0.25) is 0 Å². The van der Waals surface area contributed by atoms with Crippen LogP contribution in [0.5, 0.6) is 0 Å². The van der Waals surface area contributed by atoms with Gasteiger partial charge < -0.3 is 10.0 Å². The molecule has 0 aliphatic carbocycles. The molecular formula is C12H15NO4S. The van der Waals surface area contributed by atoms with Gasteiger partial charge >= 0.3 is 5.97 Å². The molecule has 98 valence electrons. The number of nitrogens with zero attached hydrogens (tertiary/aromatic N) is 1. The Balaban J connectivity index is 2.30.